The third kappa shape index (κ3) is 4.46. The smallest absolute Gasteiger partial charge is 0.0300 e. The van der Waals surface area contributed by atoms with Crippen LogP contribution in [0.4, 0.5) is 0 Å². The minimum absolute atomic E-state index is 0.469. The van der Waals surface area contributed by atoms with E-state index < -0.39 is 0 Å². The Kier molecular flexibility index (Phi) is 5.75. The summed E-state index contributed by atoms with van der Waals surface area (Å²) in [6.45, 7) is 5.35. The van der Waals surface area contributed by atoms with Crippen molar-refractivity contribution in [3.05, 3.63) is 65.5 Å². The first-order valence-corrected chi connectivity index (χ1v) is 7.52. The number of benzene rings is 1. The Labute approximate surface area is 122 Å². The van der Waals surface area contributed by atoms with Crippen LogP contribution in [0.3, 0.4) is 0 Å². The summed E-state index contributed by atoms with van der Waals surface area (Å²) in [5.41, 5.74) is 4.10. The molecular formula is C18H24N2. The summed E-state index contributed by atoms with van der Waals surface area (Å²) >= 11 is 0. The molecule has 0 saturated carbocycles. The normalized spacial score (nSPS) is 12.3. The monoisotopic (exact) mass is 268 g/mol. The summed E-state index contributed by atoms with van der Waals surface area (Å²) < 4.78 is 0. The van der Waals surface area contributed by atoms with E-state index in [0.29, 0.717) is 6.04 Å². The van der Waals surface area contributed by atoms with Crippen molar-refractivity contribution in [3.63, 3.8) is 0 Å². The molecule has 2 heteroatoms. The molecule has 0 saturated heterocycles. The maximum Gasteiger partial charge on any atom is 0.0300 e. The molecule has 1 aromatic carbocycles. The average molecular weight is 268 g/mol. The number of pyridine rings is 1. The number of hydrogen-bond donors (Lipinski definition) is 1. The van der Waals surface area contributed by atoms with Crippen molar-refractivity contribution in [1.82, 2.24) is 10.3 Å². The molecule has 0 fully saturated rings. The number of likely N-dealkylation sites (N-methyl/N-ethyl adjacent to an activating group) is 1. The lowest BCUT2D eigenvalue weighted by molar-refractivity contribution is 0.521. The molecule has 1 heterocycles. The van der Waals surface area contributed by atoms with Crippen LogP contribution in [0.25, 0.3) is 0 Å². The van der Waals surface area contributed by atoms with Crippen LogP contribution >= 0.6 is 0 Å². The summed E-state index contributed by atoms with van der Waals surface area (Å²) in [6.07, 6.45) is 6.98. The third-order valence-electron chi connectivity index (χ3n) is 3.61. The van der Waals surface area contributed by atoms with E-state index in [1.54, 1.807) is 0 Å². The Hall–Kier alpha value is -1.67. The van der Waals surface area contributed by atoms with Gasteiger partial charge in [-0.25, -0.2) is 0 Å². The second kappa shape index (κ2) is 7.81. The molecule has 0 aliphatic carbocycles. The first kappa shape index (κ1) is 14.7. The van der Waals surface area contributed by atoms with Gasteiger partial charge in [-0.15, -0.1) is 0 Å². The number of hydrogen-bond acceptors (Lipinski definition) is 2. The second-order valence-electron chi connectivity index (χ2n) is 5.19. The highest BCUT2D eigenvalue weighted by atomic mass is 14.9. The van der Waals surface area contributed by atoms with Gasteiger partial charge in [0.15, 0.2) is 0 Å². The van der Waals surface area contributed by atoms with Crippen LogP contribution in [0.2, 0.25) is 0 Å². The molecule has 2 nitrogen and oxygen atoms in total. The van der Waals surface area contributed by atoms with E-state index in [1.165, 1.54) is 16.7 Å². The van der Waals surface area contributed by atoms with Gasteiger partial charge in [0.05, 0.1) is 0 Å². The molecule has 1 N–H and O–H groups in total. The molecule has 0 radical (unpaired) electrons. The number of nitrogens with zero attached hydrogens (tertiary/aromatic N) is 1. The Morgan fingerprint density at radius 1 is 0.950 bits per heavy atom. The predicted octanol–water partition coefficient (Wildman–Crippen LogP) is 3.41. The third-order valence-corrected chi connectivity index (χ3v) is 3.61. The van der Waals surface area contributed by atoms with E-state index >= 15 is 0 Å². The van der Waals surface area contributed by atoms with Gasteiger partial charge in [0, 0.05) is 18.4 Å². The van der Waals surface area contributed by atoms with Gasteiger partial charge >= 0.3 is 0 Å². The van der Waals surface area contributed by atoms with Gasteiger partial charge in [-0.3, -0.25) is 4.98 Å². The van der Waals surface area contributed by atoms with Crippen LogP contribution in [0.1, 0.15) is 30.5 Å². The van der Waals surface area contributed by atoms with Gasteiger partial charge in [0.25, 0.3) is 0 Å². The van der Waals surface area contributed by atoms with Crippen molar-refractivity contribution in [3.8, 4) is 0 Å². The lowest BCUT2D eigenvalue weighted by Crippen LogP contribution is -2.33. The zero-order valence-electron chi connectivity index (χ0n) is 12.5. The van der Waals surface area contributed by atoms with E-state index in [9.17, 15) is 0 Å². The van der Waals surface area contributed by atoms with E-state index in [0.717, 1.165) is 25.8 Å². The molecule has 0 aliphatic rings. The van der Waals surface area contributed by atoms with Gasteiger partial charge in [-0.1, -0.05) is 44.2 Å². The van der Waals surface area contributed by atoms with Crippen molar-refractivity contribution in [1.29, 1.82) is 0 Å². The highest BCUT2D eigenvalue weighted by Gasteiger charge is 2.09. The van der Waals surface area contributed by atoms with Gasteiger partial charge < -0.3 is 5.32 Å². The summed E-state index contributed by atoms with van der Waals surface area (Å²) in [5.74, 6) is 0. The molecule has 2 rings (SSSR count). The maximum absolute atomic E-state index is 4.20. The van der Waals surface area contributed by atoms with E-state index in [-0.39, 0.29) is 0 Å². The van der Waals surface area contributed by atoms with Gasteiger partial charge in [0.1, 0.15) is 0 Å². The van der Waals surface area contributed by atoms with E-state index in [4.69, 9.17) is 0 Å². The molecule has 0 aliphatic heterocycles. The minimum atomic E-state index is 0.469. The Balaban J connectivity index is 2.00. The van der Waals surface area contributed by atoms with Crippen molar-refractivity contribution < 1.29 is 0 Å². The molecule has 1 atom stereocenters. The van der Waals surface area contributed by atoms with Crippen LogP contribution in [-0.4, -0.2) is 17.6 Å². The molecule has 0 spiro atoms. The molecule has 2 aromatic rings. The minimum Gasteiger partial charge on any atom is -0.314 e. The SMILES string of the molecule is CCNC(Cc1ccc(CC)cc1)Cc1cccnc1. The Morgan fingerprint density at radius 3 is 2.25 bits per heavy atom. The first-order chi connectivity index (χ1) is 9.81. The van der Waals surface area contributed by atoms with Crippen molar-refractivity contribution in [2.75, 3.05) is 6.54 Å². The zero-order valence-corrected chi connectivity index (χ0v) is 12.5. The lowest BCUT2D eigenvalue weighted by atomic mass is 9.98. The van der Waals surface area contributed by atoms with Crippen molar-refractivity contribution in [2.24, 2.45) is 0 Å². The van der Waals surface area contributed by atoms with Crippen molar-refractivity contribution >= 4 is 0 Å². The average Bonchev–Trinajstić information content (AvgIpc) is 2.49. The fourth-order valence-corrected chi connectivity index (χ4v) is 2.50. The molecule has 1 aromatic heterocycles. The van der Waals surface area contributed by atoms with Crippen LogP contribution in [0, 0.1) is 0 Å². The topological polar surface area (TPSA) is 24.9 Å². The number of rotatable bonds is 7. The Bertz CT molecular complexity index is 491. The van der Waals surface area contributed by atoms with Crippen LogP contribution in [0.15, 0.2) is 48.8 Å². The summed E-state index contributed by atoms with van der Waals surface area (Å²) in [7, 11) is 0. The Morgan fingerprint density at radius 2 is 1.65 bits per heavy atom. The van der Waals surface area contributed by atoms with E-state index in [1.807, 2.05) is 18.5 Å². The van der Waals surface area contributed by atoms with Crippen LogP contribution in [-0.2, 0) is 19.3 Å². The standard InChI is InChI=1S/C18H24N2/c1-3-15-7-9-16(10-8-15)12-18(20-4-2)13-17-6-5-11-19-14-17/h5-11,14,18,20H,3-4,12-13H2,1-2H3. The molecule has 0 bridgehead atoms. The molecular weight excluding hydrogens is 244 g/mol. The number of aromatic nitrogens is 1. The predicted molar refractivity (Wildman–Crippen MR) is 84.9 cm³/mol. The maximum atomic E-state index is 4.20. The number of nitrogens with one attached hydrogen (secondary N) is 1. The van der Waals surface area contributed by atoms with Crippen molar-refractivity contribution in [2.45, 2.75) is 39.2 Å². The molecule has 0 amide bonds. The molecule has 106 valence electrons. The van der Waals surface area contributed by atoms with Gasteiger partial charge in [-0.05, 0) is 48.6 Å². The fourth-order valence-electron chi connectivity index (χ4n) is 2.50. The molecule has 1 unspecified atom stereocenters. The van der Waals surface area contributed by atoms with Crippen LogP contribution in [0.5, 0.6) is 0 Å². The summed E-state index contributed by atoms with van der Waals surface area (Å²) in [4.78, 5) is 4.20. The number of aryl methyl sites for hydroxylation is 1. The highest BCUT2D eigenvalue weighted by Crippen LogP contribution is 2.10. The fraction of sp³-hybridized carbons (Fsp3) is 0.389. The van der Waals surface area contributed by atoms with Crippen LogP contribution < -0.4 is 5.32 Å². The zero-order chi connectivity index (χ0) is 14.2. The summed E-state index contributed by atoms with van der Waals surface area (Å²) in [6, 6.07) is 13.6. The first-order valence-electron chi connectivity index (χ1n) is 7.52. The highest BCUT2D eigenvalue weighted by molar-refractivity contribution is 5.23. The largest absolute Gasteiger partial charge is 0.314 e. The van der Waals surface area contributed by atoms with Gasteiger partial charge in [-0.2, -0.15) is 0 Å². The quantitative estimate of drug-likeness (QED) is 0.832. The van der Waals surface area contributed by atoms with Gasteiger partial charge in [0.2, 0.25) is 0 Å². The van der Waals surface area contributed by atoms with E-state index in [2.05, 4.69) is 54.5 Å². The lowest BCUT2D eigenvalue weighted by Gasteiger charge is -2.18. The second-order valence-corrected chi connectivity index (χ2v) is 5.19. The summed E-state index contributed by atoms with van der Waals surface area (Å²) in [5, 5.41) is 3.58. The molecule has 20 heavy (non-hydrogen) atoms.